The second kappa shape index (κ2) is 6.64. The second-order valence-corrected chi connectivity index (χ2v) is 6.74. The summed E-state index contributed by atoms with van der Waals surface area (Å²) in [6, 6.07) is 7.56. The zero-order valence-corrected chi connectivity index (χ0v) is 13.2. The van der Waals surface area contributed by atoms with E-state index in [-0.39, 0.29) is 6.42 Å². The van der Waals surface area contributed by atoms with E-state index in [2.05, 4.69) is 22.6 Å². The molecule has 20 heavy (non-hydrogen) atoms. The van der Waals surface area contributed by atoms with Gasteiger partial charge in [-0.15, -0.1) is 0 Å². The largest absolute Gasteiger partial charge is 0.392 e. The standard InChI is InChI=1S/C15H18F3IO/c16-15(17,18)13-4-2-1-3-12(13)14(20)9-10-5-7-11(19)8-6-10/h5-8,12-14,20H,1-4,9H2. The smallest absolute Gasteiger partial charge is 0.392 e. The van der Waals surface area contributed by atoms with E-state index >= 15 is 0 Å². The Morgan fingerprint density at radius 2 is 1.75 bits per heavy atom. The van der Waals surface area contributed by atoms with Gasteiger partial charge >= 0.3 is 6.18 Å². The highest BCUT2D eigenvalue weighted by Gasteiger charge is 2.47. The third kappa shape index (κ3) is 4.10. The highest BCUT2D eigenvalue weighted by molar-refractivity contribution is 14.1. The van der Waals surface area contributed by atoms with Crippen LogP contribution in [0.3, 0.4) is 0 Å². The second-order valence-electron chi connectivity index (χ2n) is 5.49. The minimum Gasteiger partial charge on any atom is -0.392 e. The fourth-order valence-electron chi connectivity index (χ4n) is 3.04. The van der Waals surface area contributed by atoms with Crippen molar-refractivity contribution < 1.29 is 18.3 Å². The lowest BCUT2D eigenvalue weighted by Crippen LogP contribution is -2.40. The molecule has 1 aromatic carbocycles. The molecular formula is C15H18F3IO. The van der Waals surface area contributed by atoms with Crippen LogP contribution in [-0.4, -0.2) is 17.4 Å². The van der Waals surface area contributed by atoms with Gasteiger partial charge < -0.3 is 5.11 Å². The van der Waals surface area contributed by atoms with Crippen molar-refractivity contribution in [1.82, 2.24) is 0 Å². The van der Waals surface area contributed by atoms with Crippen molar-refractivity contribution in [2.24, 2.45) is 11.8 Å². The number of aliphatic hydroxyl groups is 1. The van der Waals surface area contributed by atoms with E-state index in [1.807, 2.05) is 24.3 Å². The number of benzene rings is 1. The van der Waals surface area contributed by atoms with Crippen LogP contribution in [0.2, 0.25) is 0 Å². The number of aliphatic hydroxyl groups excluding tert-OH is 1. The van der Waals surface area contributed by atoms with Gasteiger partial charge in [-0.25, -0.2) is 0 Å². The molecule has 0 amide bonds. The summed E-state index contributed by atoms with van der Waals surface area (Å²) in [6.07, 6.45) is -2.81. The molecule has 5 heteroatoms. The van der Waals surface area contributed by atoms with Gasteiger partial charge in [0.15, 0.2) is 0 Å². The van der Waals surface area contributed by atoms with Gasteiger partial charge in [0.1, 0.15) is 0 Å². The average Bonchev–Trinajstić information content (AvgIpc) is 2.40. The van der Waals surface area contributed by atoms with Crippen molar-refractivity contribution in [3.8, 4) is 0 Å². The first-order valence-corrected chi connectivity index (χ1v) is 7.95. The molecule has 1 aliphatic rings. The first kappa shape index (κ1) is 16.1. The Kier molecular flexibility index (Phi) is 5.34. The Labute approximate surface area is 130 Å². The predicted molar refractivity (Wildman–Crippen MR) is 80.4 cm³/mol. The maximum absolute atomic E-state index is 13.0. The van der Waals surface area contributed by atoms with Gasteiger partial charge in [0, 0.05) is 3.57 Å². The van der Waals surface area contributed by atoms with E-state index in [4.69, 9.17) is 0 Å². The fraction of sp³-hybridized carbons (Fsp3) is 0.600. The molecule has 0 aliphatic heterocycles. The summed E-state index contributed by atoms with van der Waals surface area (Å²) in [4.78, 5) is 0. The molecular weight excluding hydrogens is 380 g/mol. The normalized spacial score (nSPS) is 25.4. The van der Waals surface area contributed by atoms with E-state index in [9.17, 15) is 18.3 Å². The monoisotopic (exact) mass is 398 g/mol. The molecule has 3 atom stereocenters. The molecule has 0 aromatic heterocycles. The van der Waals surface area contributed by atoms with Crippen molar-refractivity contribution in [1.29, 1.82) is 0 Å². The van der Waals surface area contributed by atoms with E-state index in [0.717, 1.165) is 15.6 Å². The summed E-state index contributed by atoms with van der Waals surface area (Å²) in [5.74, 6) is -2.02. The number of hydrogen-bond acceptors (Lipinski definition) is 1. The number of hydrogen-bond donors (Lipinski definition) is 1. The lowest BCUT2D eigenvalue weighted by Gasteiger charge is -2.36. The summed E-state index contributed by atoms with van der Waals surface area (Å²) in [7, 11) is 0. The van der Waals surface area contributed by atoms with Crippen molar-refractivity contribution >= 4 is 22.6 Å². The molecule has 1 aliphatic carbocycles. The van der Waals surface area contributed by atoms with Crippen LogP contribution in [0.15, 0.2) is 24.3 Å². The molecule has 0 bridgehead atoms. The van der Waals surface area contributed by atoms with Gasteiger partial charge in [-0.1, -0.05) is 25.0 Å². The maximum atomic E-state index is 13.0. The van der Waals surface area contributed by atoms with Crippen LogP contribution in [0.4, 0.5) is 13.2 Å². The van der Waals surface area contributed by atoms with Gasteiger partial charge in [0.25, 0.3) is 0 Å². The SMILES string of the molecule is OC(Cc1ccc(I)cc1)C1CCCCC1C(F)(F)F. The number of halogens is 4. The van der Waals surface area contributed by atoms with Crippen molar-refractivity contribution in [3.05, 3.63) is 33.4 Å². The van der Waals surface area contributed by atoms with Gasteiger partial charge in [-0.05, 0) is 65.5 Å². The first-order valence-electron chi connectivity index (χ1n) is 6.87. The molecule has 2 rings (SSSR count). The fourth-order valence-corrected chi connectivity index (χ4v) is 3.40. The van der Waals surface area contributed by atoms with Crippen LogP contribution < -0.4 is 0 Å². The van der Waals surface area contributed by atoms with Crippen molar-refractivity contribution in [3.63, 3.8) is 0 Å². The van der Waals surface area contributed by atoms with Crippen LogP contribution in [0.1, 0.15) is 31.2 Å². The molecule has 0 saturated heterocycles. The molecule has 3 unspecified atom stereocenters. The molecule has 0 heterocycles. The van der Waals surface area contributed by atoms with Crippen LogP contribution in [0, 0.1) is 15.4 Å². The lowest BCUT2D eigenvalue weighted by atomic mass is 9.74. The van der Waals surface area contributed by atoms with Crippen LogP contribution in [0.25, 0.3) is 0 Å². The highest BCUT2D eigenvalue weighted by Crippen LogP contribution is 2.43. The predicted octanol–water partition coefficient (Wildman–Crippen LogP) is 4.56. The summed E-state index contributed by atoms with van der Waals surface area (Å²) in [5.41, 5.74) is 0.893. The minimum atomic E-state index is -4.20. The molecule has 1 N–H and O–H groups in total. The molecule has 112 valence electrons. The minimum absolute atomic E-state index is 0.151. The molecule has 1 fully saturated rings. The third-order valence-electron chi connectivity index (χ3n) is 4.09. The molecule has 1 nitrogen and oxygen atoms in total. The van der Waals surface area contributed by atoms with Crippen molar-refractivity contribution in [2.45, 2.75) is 44.4 Å². The summed E-state index contributed by atoms with van der Waals surface area (Å²) in [5, 5.41) is 10.2. The maximum Gasteiger partial charge on any atom is 0.392 e. The Hall–Kier alpha value is -0.300. The highest BCUT2D eigenvalue weighted by atomic mass is 127. The summed E-state index contributed by atoms with van der Waals surface area (Å²) < 4.78 is 40.2. The Bertz CT molecular complexity index is 430. The van der Waals surface area contributed by atoms with Gasteiger partial charge in [0.2, 0.25) is 0 Å². The average molecular weight is 398 g/mol. The van der Waals surface area contributed by atoms with Crippen molar-refractivity contribution in [2.75, 3.05) is 0 Å². The summed E-state index contributed by atoms with van der Waals surface area (Å²) in [6.45, 7) is 0. The van der Waals surface area contributed by atoms with Crippen LogP contribution >= 0.6 is 22.6 Å². The van der Waals surface area contributed by atoms with E-state index in [0.29, 0.717) is 19.3 Å². The zero-order chi connectivity index (χ0) is 14.8. The quantitative estimate of drug-likeness (QED) is 0.741. The van der Waals surface area contributed by atoms with Gasteiger partial charge in [-0.3, -0.25) is 0 Å². The van der Waals surface area contributed by atoms with Crippen LogP contribution in [-0.2, 0) is 6.42 Å². The Morgan fingerprint density at radius 3 is 2.35 bits per heavy atom. The van der Waals surface area contributed by atoms with Gasteiger partial charge in [0.05, 0.1) is 12.0 Å². The molecule has 0 spiro atoms. The first-order chi connectivity index (χ1) is 9.38. The van der Waals surface area contributed by atoms with E-state index < -0.39 is 24.1 Å². The van der Waals surface area contributed by atoms with Gasteiger partial charge in [-0.2, -0.15) is 13.2 Å². The molecule has 1 saturated carbocycles. The topological polar surface area (TPSA) is 20.2 Å². The third-order valence-corrected chi connectivity index (χ3v) is 4.81. The summed E-state index contributed by atoms with van der Waals surface area (Å²) >= 11 is 2.18. The van der Waals surface area contributed by atoms with E-state index in [1.54, 1.807) is 0 Å². The molecule has 0 radical (unpaired) electrons. The van der Waals surface area contributed by atoms with Crippen LogP contribution in [0.5, 0.6) is 0 Å². The lowest BCUT2D eigenvalue weighted by molar-refractivity contribution is -0.206. The zero-order valence-electron chi connectivity index (χ0n) is 11.0. The number of alkyl halides is 3. The van der Waals surface area contributed by atoms with E-state index in [1.165, 1.54) is 0 Å². The Morgan fingerprint density at radius 1 is 1.15 bits per heavy atom. The number of rotatable bonds is 3. The molecule has 1 aromatic rings. The Balaban J connectivity index is 2.06.